The van der Waals surface area contributed by atoms with Gasteiger partial charge in [-0.05, 0) is 82.1 Å². The average Bonchev–Trinajstić information content (AvgIpc) is 3.52. The molecule has 0 fully saturated rings. The molecule has 0 bridgehead atoms. The summed E-state index contributed by atoms with van der Waals surface area (Å²) < 4.78 is 9.22. The van der Waals surface area contributed by atoms with Crippen molar-refractivity contribution in [3.8, 4) is 33.1 Å². The molecule has 0 aliphatic heterocycles. The van der Waals surface area contributed by atoms with Gasteiger partial charge < -0.3 is 4.74 Å². The molecule has 212 valence electrons. The van der Waals surface area contributed by atoms with Crippen molar-refractivity contribution >= 4 is 49.8 Å². The van der Waals surface area contributed by atoms with Gasteiger partial charge in [0.25, 0.3) is 0 Å². The third kappa shape index (κ3) is 5.22. The second kappa shape index (κ2) is 10.7. The van der Waals surface area contributed by atoms with Crippen LogP contribution in [0.2, 0.25) is 5.02 Å². The maximum Gasteiger partial charge on any atom is 0.163 e. The number of carbonyl (C=O) groups excluding carboxylic acids is 1. The van der Waals surface area contributed by atoms with Crippen LogP contribution >= 0.6 is 22.9 Å². The molecule has 0 N–H and O–H groups in total. The summed E-state index contributed by atoms with van der Waals surface area (Å²) in [6.45, 7) is 9.50. The van der Waals surface area contributed by atoms with Crippen LogP contribution in [-0.2, 0) is 16.6 Å². The molecule has 0 unspecified atom stereocenters. The highest BCUT2D eigenvalue weighted by Crippen LogP contribution is 2.45. The number of nitrogens with zero attached hydrogens (tertiary/aromatic N) is 5. The van der Waals surface area contributed by atoms with Crippen LogP contribution in [0.1, 0.15) is 44.9 Å². The lowest BCUT2D eigenvalue weighted by Crippen LogP contribution is -2.27. The van der Waals surface area contributed by atoms with Crippen LogP contribution in [-0.4, -0.2) is 36.1 Å². The number of carbonyl (C=O) groups is 1. The third-order valence-corrected chi connectivity index (χ3v) is 8.46. The van der Waals surface area contributed by atoms with Crippen molar-refractivity contribution in [2.75, 3.05) is 0 Å². The molecule has 0 aliphatic carbocycles. The van der Waals surface area contributed by atoms with Crippen LogP contribution in [0.4, 0.5) is 0 Å². The molecule has 0 saturated carbocycles. The van der Waals surface area contributed by atoms with Gasteiger partial charge in [-0.2, -0.15) is 5.10 Å². The molecular formula is C33H30ClN5O2S. The molecule has 6 rings (SSSR count). The number of Topliss-reactive ketones (excluding diaryl/α,β-unsaturated/α-hetero) is 1. The molecule has 7 nitrogen and oxygen atoms in total. The summed E-state index contributed by atoms with van der Waals surface area (Å²) in [4.78, 5) is 26.9. The number of ether oxygens (including phenoxy) is 1. The van der Waals surface area contributed by atoms with Crippen LogP contribution in [0.3, 0.4) is 0 Å². The minimum absolute atomic E-state index is 0.0501. The summed E-state index contributed by atoms with van der Waals surface area (Å²) in [5, 5.41) is 7.21. The molecule has 0 aliphatic rings. The van der Waals surface area contributed by atoms with Crippen LogP contribution in [0.5, 0.6) is 0 Å². The van der Waals surface area contributed by atoms with Crippen molar-refractivity contribution in [2.24, 2.45) is 7.05 Å². The Kier molecular flexibility index (Phi) is 7.17. The van der Waals surface area contributed by atoms with Gasteiger partial charge in [0, 0.05) is 46.5 Å². The summed E-state index contributed by atoms with van der Waals surface area (Å²) in [6, 6.07) is 16.0. The molecule has 3 aromatic carbocycles. The van der Waals surface area contributed by atoms with Gasteiger partial charge in [0.1, 0.15) is 22.5 Å². The van der Waals surface area contributed by atoms with Crippen LogP contribution in [0.25, 0.3) is 54.2 Å². The van der Waals surface area contributed by atoms with E-state index in [0.717, 1.165) is 59.6 Å². The van der Waals surface area contributed by atoms with E-state index in [0.29, 0.717) is 10.7 Å². The van der Waals surface area contributed by atoms with Gasteiger partial charge in [-0.3, -0.25) is 19.4 Å². The fraction of sp³-hybridized carbons (Fsp3) is 0.242. The zero-order chi connectivity index (χ0) is 29.8. The van der Waals surface area contributed by atoms with E-state index >= 15 is 0 Å². The van der Waals surface area contributed by atoms with E-state index in [9.17, 15) is 4.79 Å². The topological polar surface area (TPSA) is 82.8 Å². The molecular weight excluding hydrogens is 566 g/mol. The smallest absolute Gasteiger partial charge is 0.163 e. The minimum atomic E-state index is -0.730. The van der Waals surface area contributed by atoms with Gasteiger partial charge in [-0.15, -0.1) is 11.3 Å². The van der Waals surface area contributed by atoms with E-state index in [1.807, 2.05) is 63.7 Å². The number of ketones is 1. The molecule has 6 aromatic rings. The number of hydrogen-bond acceptors (Lipinski definition) is 7. The van der Waals surface area contributed by atoms with E-state index < -0.39 is 11.7 Å². The second-order valence-electron chi connectivity index (χ2n) is 11.4. The monoisotopic (exact) mass is 595 g/mol. The van der Waals surface area contributed by atoms with Gasteiger partial charge in [0.05, 0.1) is 27.5 Å². The summed E-state index contributed by atoms with van der Waals surface area (Å²) in [7, 11) is 1.92. The number of benzene rings is 3. The molecule has 42 heavy (non-hydrogen) atoms. The number of halogens is 1. The van der Waals surface area contributed by atoms with Crippen molar-refractivity contribution in [1.82, 2.24) is 24.7 Å². The third-order valence-electron chi connectivity index (χ3n) is 7.07. The molecule has 9 heteroatoms. The molecule has 3 aromatic heterocycles. The Hall–Kier alpha value is -3.98. The number of hydrogen-bond donors (Lipinski definition) is 0. The van der Waals surface area contributed by atoms with E-state index in [-0.39, 0.29) is 5.78 Å². The number of thiazole rings is 1. The zero-order valence-electron chi connectivity index (χ0n) is 24.3. The number of aromatic nitrogens is 5. The first-order chi connectivity index (χ1) is 20.0. The summed E-state index contributed by atoms with van der Waals surface area (Å²) in [6.07, 6.45) is 4.31. The Morgan fingerprint density at radius 1 is 1.05 bits per heavy atom. The predicted octanol–water partition coefficient (Wildman–Crippen LogP) is 8.38. The first-order valence-corrected chi connectivity index (χ1v) is 14.8. The normalized spacial score (nSPS) is 12.7. The lowest BCUT2D eigenvalue weighted by atomic mass is 9.90. The highest BCUT2D eigenvalue weighted by Gasteiger charge is 2.30. The van der Waals surface area contributed by atoms with E-state index in [4.69, 9.17) is 26.4 Å². The highest BCUT2D eigenvalue weighted by atomic mass is 35.5. The lowest BCUT2D eigenvalue weighted by molar-refractivity contribution is -0.138. The first-order valence-electron chi connectivity index (χ1n) is 13.6. The van der Waals surface area contributed by atoms with Gasteiger partial charge in [0.15, 0.2) is 5.78 Å². The number of aryl methyl sites for hydroxylation is 2. The fourth-order valence-electron chi connectivity index (χ4n) is 5.28. The Bertz CT molecular complexity index is 1960. The minimum Gasteiger partial charge on any atom is -0.360 e. The maximum atomic E-state index is 13.1. The Morgan fingerprint density at radius 2 is 1.79 bits per heavy atom. The summed E-state index contributed by atoms with van der Waals surface area (Å²) in [5.74, 6) is -0.0501. The molecule has 1 atom stereocenters. The van der Waals surface area contributed by atoms with Crippen LogP contribution in [0.15, 0.2) is 67.1 Å². The fourth-order valence-corrected chi connectivity index (χ4v) is 6.53. The predicted molar refractivity (Wildman–Crippen MR) is 170 cm³/mol. The van der Waals surface area contributed by atoms with E-state index in [1.165, 1.54) is 0 Å². The van der Waals surface area contributed by atoms with E-state index in [2.05, 4.69) is 34.2 Å². The Morgan fingerprint density at radius 3 is 2.45 bits per heavy atom. The Labute approximate surface area is 253 Å². The van der Waals surface area contributed by atoms with Gasteiger partial charge in [-0.1, -0.05) is 23.7 Å². The van der Waals surface area contributed by atoms with Gasteiger partial charge >= 0.3 is 0 Å². The van der Waals surface area contributed by atoms with Crippen LogP contribution in [0, 0.1) is 6.92 Å². The van der Waals surface area contributed by atoms with Gasteiger partial charge in [-0.25, -0.2) is 4.98 Å². The number of rotatable bonds is 6. The lowest BCUT2D eigenvalue weighted by Gasteiger charge is -2.29. The number of fused-ring (bicyclic) bond motifs is 2. The molecule has 0 saturated heterocycles. The maximum absolute atomic E-state index is 13.1. The van der Waals surface area contributed by atoms with E-state index in [1.54, 1.807) is 36.9 Å². The quantitative estimate of drug-likeness (QED) is 0.192. The largest absolute Gasteiger partial charge is 0.360 e. The molecule has 3 heterocycles. The standard InChI is InChI=1S/C33H30ClN5O2S/c1-18-15-24-31(28(20-7-10-22(34)11-8-20)27(18)30(19(2)40)41-33(3,4)5)42-32(37-24)21-9-12-26-23(16-21)29(38-39(26)6)25-17-35-13-14-36-25/h7-17,30H,1-6H3/t30-/m1/s1. The highest BCUT2D eigenvalue weighted by molar-refractivity contribution is 7.22. The van der Waals surface area contributed by atoms with Crippen LogP contribution < -0.4 is 0 Å². The summed E-state index contributed by atoms with van der Waals surface area (Å²) >= 11 is 7.87. The Balaban J connectivity index is 1.59. The van der Waals surface area contributed by atoms with Crippen molar-refractivity contribution in [1.29, 1.82) is 0 Å². The molecule has 0 amide bonds. The second-order valence-corrected chi connectivity index (χ2v) is 12.8. The average molecular weight is 596 g/mol. The van der Waals surface area contributed by atoms with Crippen molar-refractivity contribution in [3.05, 3.63) is 83.3 Å². The van der Waals surface area contributed by atoms with Gasteiger partial charge in [0.2, 0.25) is 0 Å². The summed E-state index contributed by atoms with van der Waals surface area (Å²) in [5.41, 5.74) is 7.48. The SMILES string of the molecule is CC(=O)[C@@H](OC(C)(C)C)c1c(C)cc2nc(-c3ccc4c(c3)c(-c3cnccn3)nn4C)sc2c1-c1ccc(Cl)cc1. The molecule has 0 radical (unpaired) electrons. The van der Waals surface area contributed by atoms with Crippen molar-refractivity contribution in [2.45, 2.75) is 46.3 Å². The first kappa shape index (κ1) is 28.2. The van der Waals surface area contributed by atoms with Crippen molar-refractivity contribution < 1.29 is 9.53 Å². The zero-order valence-corrected chi connectivity index (χ0v) is 25.8. The molecule has 0 spiro atoms. The van der Waals surface area contributed by atoms with Crippen molar-refractivity contribution in [3.63, 3.8) is 0 Å².